The van der Waals surface area contributed by atoms with Crippen molar-refractivity contribution in [1.29, 1.82) is 0 Å². The molecule has 0 radical (unpaired) electrons. The molecule has 1 aromatic rings. The van der Waals surface area contributed by atoms with Crippen LogP contribution in [-0.2, 0) is 19.5 Å². The van der Waals surface area contributed by atoms with E-state index < -0.39 is 0 Å². The van der Waals surface area contributed by atoms with Crippen LogP contribution in [0, 0.1) is 0 Å². The second kappa shape index (κ2) is 13.6. The number of rotatable bonds is 15. The monoisotopic (exact) mass is 321 g/mol. The molecule has 0 unspecified atom stereocenters. The van der Waals surface area contributed by atoms with E-state index >= 15 is 0 Å². The van der Waals surface area contributed by atoms with Crippen LogP contribution in [0.3, 0.4) is 0 Å². The Morgan fingerprint density at radius 3 is 2.04 bits per heavy atom. The maximum absolute atomic E-state index is 2.54. The Balaban J connectivity index is 2.40. The van der Waals surface area contributed by atoms with Gasteiger partial charge in [0, 0.05) is 6.42 Å². The van der Waals surface area contributed by atoms with Crippen LogP contribution in [0.25, 0.3) is 0 Å². The minimum atomic E-state index is 1.20. The average molecular weight is 322 g/mol. The molecule has 0 amide bonds. The van der Waals surface area contributed by atoms with Gasteiger partial charge in [0.15, 0.2) is 0 Å². The van der Waals surface area contributed by atoms with Crippen LogP contribution in [0.4, 0.5) is 0 Å². The molecule has 0 saturated carbocycles. The lowest BCUT2D eigenvalue weighted by Crippen LogP contribution is -2.37. The second-order valence-electron chi connectivity index (χ2n) is 7.03. The highest BCUT2D eigenvalue weighted by atomic mass is 15.1. The smallest absolute Gasteiger partial charge is 0.234 e. The third-order valence-corrected chi connectivity index (χ3v) is 4.85. The largest absolute Gasteiger partial charge is 0.256 e. The number of aryl methyl sites for hydroxylation is 2. The summed E-state index contributed by atoms with van der Waals surface area (Å²) in [6, 6.07) is 0. The topological polar surface area (TPSA) is 8.81 Å². The van der Waals surface area contributed by atoms with Gasteiger partial charge in [0.2, 0.25) is 0 Å². The molecule has 0 saturated heterocycles. The third kappa shape index (κ3) is 8.58. The Morgan fingerprint density at radius 1 is 0.739 bits per heavy atom. The molecule has 134 valence electrons. The molecule has 0 N–H and O–H groups in total. The number of imidazole rings is 1. The Labute approximate surface area is 145 Å². The molecule has 2 heteroatoms. The van der Waals surface area contributed by atoms with Crippen molar-refractivity contribution in [2.75, 3.05) is 0 Å². The first-order valence-electron chi connectivity index (χ1n) is 10.4. The zero-order valence-electron chi connectivity index (χ0n) is 16.2. The van der Waals surface area contributed by atoms with Crippen LogP contribution in [0.5, 0.6) is 0 Å². The van der Waals surface area contributed by atoms with Crippen LogP contribution < -0.4 is 4.57 Å². The maximum atomic E-state index is 2.54. The fourth-order valence-corrected chi connectivity index (χ4v) is 3.29. The second-order valence-corrected chi connectivity index (χ2v) is 7.03. The zero-order valence-corrected chi connectivity index (χ0v) is 16.2. The van der Waals surface area contributed by atoms with Crippen molar-refractivity contribution in [3.05, 3.63) is 18.2 Å². The van der Waals surface area contributed by atoms with E-state index in [1.165, 1.54) is 96.6 Å². The number of unbranched alkanes of at least 4 members (excludes halogenated alkanes) is 9. The van der Waals surface area contributed by atoms with E-state index in [1.54, 1.807) is 5.82 Å². The molecule has 0 atom stereocenters. The fraction of sp³-hybridized carbons (Fsp3) is 0.857. The van der Waals surface area contributed by atoms with Gasteiger partial charge < -0.3 is 0 Å². The van der Waals surface area contributed by atoms with Gasteiger partial charge in [-0.25, -0.2) is 9.13 Å². The van der Waals surface area contributed by atoms with Gasteiger partial charge in [0.1, 0.15) is 12.4 Å². The summed E-state index contributed by atoms with van der Waals surface area (Å²) in [4.78, 5) is 0. The molecule has 0 bridgehead atoms. The van der Waals surface area contributed by atoms with Gasteiger partial charge in [-0.3, -0.25) is 0 Å². The zero-order chi connectivity index (χ0) is 16.8. The lowest BCUT2D eigenvalue weighted by molar-refractivity contribution is -0.704. The average Bonchev–Trinajstić information content (AvgIpc) is 2.94. The minimum absolute atomic E-state index is 1.20. The van der Waals surface area contributed by atoms with E-state index in [0.717, 1.165) is 0 Å². The summed E-state index contributed by atoms with van der Waals surface area (Å²) in [5.41, 5.74) is 0. The van der Waals surface area contributed by atoms with Gasteiger partial charge in [-0.1, -0.05) is 72.1 Å². The van der Waals surface area contributed by atoms with E-state index in [1.807, 2.05) is 0 Å². The SMILES string of the molecule is CCCCCCCCC[n+]1ccn(CCCC)c1CCCCC. The predicted molar refractivity (Wildman–Crippen MR) is 101 cm³/mol. The lowest BCUT2D eigenvalue weighted by Gasteiger charge is -2.05. The minimum Gasteiger partial charge on any atom is -0.234 e. The number of aromatic nitrogens is 2. The van der Waals surface area contributed by atoms with Crippen molar-refractivity contribution < 1.29 is 4.57 Å². The van der Waals surface area contributed by atoms with E-state index in [2.05, 4.69) is 42.3 Å². The highest BCUT2D eigenvalue weighted by Crippen LogP contribution is 2.09. The molecule has 0 aromatic carbocycles. The van der Waals surface area contributed by atoms with Crippen LogP contribution in [0.15, 0.2) is 12.4 Å². The number of hydrogen-bond acceptors (Lipinski definition) is 0. The van der Waals surface area contributed by atoms with Gasteiger partial charge in [0.25, 0.3) is 5.82 Å². The molecule has 0 spiro atoms. The molecular formula is C21H41N2+. The van der Waals surface area contributed by atoms with Gasteiger partial charge in [0.05, 0.1) is 13.1 Å². The summed E-state index contributed by atoms with van der Waals surface area (Å²) >= 11 is 0. The highest BCUT2D eigenvalue weighted by molar-refractivity contribution is 4.84. The van der Waals surface area contributed by atoms with Crippen LogP contribution in [-0.4, -0.2) is 4.57 Å². The van der Waals surface area contributed by atoms with E-state index in [4.69, 9.17) is 0 Å². The molecule has 23 heavy (non-hydrogen) atoms. The molecule has 0 aliphatic heterocycles. The Kier molecular flexibility index (Phi) is 12.0. The molecule has 2 nitrogen and oxygen atoms in total. The molecule has 1 heterocycles. The Bertz CT molecular complexity index is 381. The summed E-state index contributed by atoms with van der Waals surface area (Å²) in [7, 11) is 0. The Hall–Kier alpha value is -0.790. The lowest BCUT2D eigenvalue weighted by atomic mass is 10.1. The summed E-state index contributed by atoms with van der Waals surface area (Å²) in [5, 5.41) is 0. The maximum Gasteiger partial charge on any atom is 0.256 e. The molecule has 0 fully saturated rings. The van der Waals surface area contributed by atoms with E-state index in [9.17, 15) is 0 Å². The molecule has 1 rings (SSSR count). The molecule has 0 aliphatic rings. The first kappa shape index (κ1) is 20.3. The van der Waals surface area contributed by atoms with Crippen LogP contribution >= 0.6 is 0 Å². The molecular weight excluding hydrogens is 280 g/mol. The summed E-state index contributed by atoms with van der Waals surface area (Å²) < 4.78 is 5.05. The van der Waals surface area contributed by atoms with Crippen molar-refractivity contribution in [2.45, 2.75) is 117 Å². The van der Waals surface area contributed by atoms with Crippen molar-refractivity contribution in [2.24, 2.45) is 0 Å². The van der Waals surface area contributed by atoms with Crippen molar-refractivity contribution in [3.63, 3.8) is 0 Å². The van der Waals surface area contributed by atoms with Crippen LogP contribution in [0.1, 0.15) is 104 Å². The standard InChI is InChI=1S/C21H41N2/c1-4-7-10-11-12-13-15-18-23-20-19-22(17-9-6-3)21(23)16-14-8-5-2/h19-20H,4-18H2,1-3H3/q+1. The highest BCUT2D eigenvalue weighted by Gasteiger charge is 2.15. The summed E-state index contributed by atoms with van der Waals surface area (Å²) in [6.07, 6.45) is 22.3. The Morgan fingerprint density at radius 2 is 1.35 bits per heavy atom. The quantitative estimate of drug-likeness (QED) is 0.274. The van der Waals surface area contributed by atoms with Crippen LogP contribution in [0.2, 0.25) is 0 Å². The van der Waals surface area contributed by atoms with Crippen molar-refractivity contribution >= 4 is 0 Å². The first-order valence-corrected chi connectivity index (χ1v) is 10.4. The normalized spacial score (nSPS) is 11.3. The van der Waals surface area contributed by atoms with E-state index in [-0.39, 0.29) is 0 Å². The number of hydrogen-bond donors (Lipinski definition) is 0. The predicted octanol–water partition coefficient (Wildman–Crippen LogP) is 6.06. The fourth-order valence-electron chi connectivity index (χ4n) is 3.29. The van der Waals surface area contributed by atoms with Crippen molar-refractivity contribution in [1.82, 2.24) is 4.57 Å². The van der Waals surface area contributed by atoms with Gasteiger partial charge in [-0.15, -0.1) is 0 Å². The van der Waals surface area contributed by atoms with Gasteiger partial charge in [-0.2, -0.15) is 0 Å². The van der Waals surface area contributed by atoms with E-state index in [0.29, 0.717) is 0 Å². The summed E-state index contributed by atoms with van der Waals surface area (Å²) in [6.45, 7) is 9.28. The summed E-state index contributed by atoms with van der Waals surface area (Å²) in [5.74, 6) is 1.57. The van der Waals surface area contributed by atoms with Gasteiger partial charge >= 0.3 is 0 Å². The first-order chi connectivity index (χ1) is 11.3. The molecule has 1 aromatic heterocycles. The third-order valence-electron chi connectivity index (χ3n) is 4.85. The molecule has 0 aliphatic carbocycles. The van der Waals surface area contributed by atoms with Gasteiger partial charge in [-0.05, 0) is 25.7 Å². The number of nitrogens with zero attached hydrogens (tertiary/aromatic N) is 2. The van der Waals surface area contributed by atoms with Crippen molar-refractivity contribution in [3.8, 4) is 0 Å².